The number of pyridine rings is 4. The van der Waals surface area contributed by atoms with Crippen molar-refractivity contribution in [3.63, 3.8) is 0 Å². The molecular formula is C20H19BCl2N4NaO2. The molecule has 3 radical (unpaired) electrons. The molecule has 0 fully saturated rings. The van der Waals surface area contributed by atoms with E-state index in [1.165, 1.54) is 0 Å². The zero-order chi connectivity index (χ0) is 20.5. The maximum Gasteiger partial charge on any atom is 1.00 e. The van der Waals surface area contributed by atoms with E-state index >= 15 is 0 Å². The van der Waals surface area contributed by atoms with E-state index in [9.17, 15) is 0 Å². The van der Waals surface area contributed by atoms with Gasteiger partial charge in [0.05, 0.1) is 6.61 Å². The standard InChI is InChI=1S/C10H7ClN2.C9H7ClN2O.CH4O.B.Na.H/c1-2-7-5-8-3-4-12-10(11)9(8)13-6-7;10-9-8-7(1-2-11-9)3-6(5-13)4-12-8;1-2;;;/h2-6H,1H2;1-4,13H,5H2;2H,1H3;;;/q;;;;+1;-1. The molecular weight excluding hydrogens is 433 g/mol. The van der Waals surface area contributed by atoms with Crippen molar-refractivity contribution in [1.82, 2.24) is 19.9 Å². The van der Waals surface area contributed by atoms with Gasteiger partial charge in [0.25, 0.3) is 0 Å². The second-order valence-electron chi connectivity index (χ2n) is 5.32. The molecule has 0 saturated heterocycles. The van der Waals surface area contributed by atoms with E-state index in [0.29, 0.717) is 15.8 Å². The molecule has 4 aromatic rings. The van der Waals surface area contributed by atoms with Crippen LogP contribution in [-0.2, 0) is 6.61 Å². The number of fused-ring (bicyclic) bond motifs is 2. The minimum atomic E-state index is -0.0110. The summed E-state index contributed by atoms with van der Waals surface area (Å²) in [6.07, 6.45) is 8.35. The molecule has 0 amide bonds. The molecule has 30 heavy (non-hydrogen) atoms. The maximum absolute atomic E-state index is 8.88. The number of hydrogen-bond acceptors (Lipinski definition) is 6. The van der Waals surface area contributed by atoms with Gasteiger partial charge in [-0.3, -0.25) is 9.97 Å². The molecule has 10 heteroatoms. The third-order valence-electron chi connectivity index (χ3n) is 3.61. The van der Waals surface area contributed by atoms with E-state index in [-0.39, 0.29) is 46.0 Å². The van der Waals surface area contributed by atoms with Crippen LogP contribution in [0.1, 0.15) is 12.6 Å². The number of hydrogen-bond donors (Lipinski definition) is 2. The summed E-state index contributed by atoms with van der Waals surface area (Å²) < 4.78 is 0. The molecule has 4 heterocycles. The zero-order valence-electron chi connectivity index (χ0n) is 17.6. The normalized spacial score (nSPS) is 9.23. The first-order valence-electron chi connectivity index (χ1n) is 8.10. The Balaban J connectivity index is 0. The largest absolute Gasteiger partial charge is 1.00 e. The predicted octanol–water partition coefficient (Wildman–Crippen LogP) is 1.05. The summed E-state index contributed by atoms with van der Waals surface area (Å²) >= 11 is 11.7. The van der Waals surface area contributed by atoms with Gasteiger partial charge in [-0.15, -0.1) is 0 Å². The van der Waals surface area contributed by atoms with Gasteiger partial charge < -0.3 is 11.6 Å². The first-order chi connectivity index (χ1) is 13.6. The summed E-state index contributed by atoms with van der Waals surface area (Å²) in [4.78, 5) is 16.1. The number of aliphatic hydroxyl groups is 2. The van der Waals surface area contributed by atoms with Crippen LogP contribution in [0.2, 0.25) is 10.3 Å². The smallest absolute Gasteiger partial charge is 1.00 e. The summed E-state index contributed by atoms with van der Waals surface area (Å²) in [5, 5.41) is 18.6. The van der Waals surface area contributed by atoms with Gasteiger partial charge in [0.1, 0.15) is 11.0 Å². The summed E-state index contributed by atoms with van der Waals surface area (Å²) in [6, 6.07) is 7.51. The van der Waals surface area contributed by atoms with Crippen molar-refractivity contribution in [2.75, 3.05) is 7.11 Å². The average molecular weight is 452 g/mol. The van der Waals surface area contributed by atoms with Gasteiger partial charge in [0.2, 0.25) is 0 Å². The third-order valence-corrected chi connectivity index (χ3v) is 4.16. The van der Waals surface area contributed by atoms with Crippen LogP contribution in [0.5, 0.6) is 0 Å². The first kappa shape index (κ1) is 28.4. The summed E-state index contributed by atoms with van der Waals surface area (Å²) in [5.74, 6) is 0. The van der Waals surface area contributed by atoms with Gasteiger partial charge in [-0.1, -0.05) is 35.9 Å². The first-order valence-corrected chi connectivity index (χ1v) is 8.85. The van der Waals surface area contributed by atoms with Crippen molar-refractivity contribution < 1.29 is 41.2 Å². The number of aliphatic hydroxyl groups excluding tert-OH is 2. The van der Waals surface area contributed by atoms with Gasteiger partial charge >= 0.3 is 29.6 Å². The van der Waals surface area contributed by atoms with Crippen LogP contribution < -0.4 is 29.6 Å². The molecule has 0 bridgehead atoms. The van der Waals surface area contributed by atoms with E-state index in [1.807, 2.05) is 24.3 Å². The minimum absolute atomic E-state index is 0. The van der Waals surface area contributed by atoms with Crippen LogP contribution in [0.15, 0.2) is 55.6 Å². The molecule has 2 N–H and O–H groups in total. The molecule has 0 aromatic carbocycles. The number of rotatable bonds is 2. The second-order valence-corrected chi connectivity index (χ2v) is 6.04. The number of nitrogens with zero attached hydrogens (tertiary/aromatic N) is 4. The van der Waals surface area contributed by atoms with Crippen molar-refractivity contribution in [3.8, 4) is 0 Å². The topological polar surface area (TPSA) is 92.0 Å². The molecule has 4 aromatic heterocycles. The van der Waals surface area contributed by atoms with Gasteiger partial charge in [0.15, 0.2) is 10.3 Å². The molecule has 0 aliphatic heterocycles. The van der Waals surface area contributed by atoms with Crippen LogP contribution in [-0.4, -0.2) is 45.7 Å². The monoisotopic (exact) mass is 451 g/mol. The zero-order valence-corrected chi connectivity index (χ0v) is 20.1. The van der Waals surface area contributed by atoms with Crippen LogP contribution in [0.4, 0.5) is 0 Å². The van der Waals surface area contributed by atoms with Crippen molar-refractivity contribution in [3.05, 3.63) is 77.1 Å². The Morgan fingerprint density at radius 1 is 0.933 bits per heavy atom. The molecule has 6 nitrogen and oxygen atoms in total. The van der Waals surface area contributed by atoms with Crippen LogP contribution in [0.3, 0.4) is 0 Å². The Hall–Kier alpha value is -1.58. The SMILES string of the molecule is C=Cc1cnc2c(Cl)nccc2c1.CO.OCc1cnc2c(Cl)nccc2c1.[B].[H-].[Na+]. The number of halogens is 2. The fraction of sp³-hybridized carbons (Fsp3) is 0.100. The van der Waals surface area contributed by atoms with Gasteiger partial charge in [0, 0.05) is 51.1 Å². The summed E-state index contributed by atoms with van der Waals surface area (Å²) in [5.41, 5.74) is 3.15. The van der Waals surface area contributed by atoms with Gasteiger partial charge in [-0.05, 0) is 35.4 Å². The van der Waals surface area contributed by atoms with Crippen molar-refractivity contribution in [1.29, 1.82) is 0 Å². The van der Waals surface area contributed by atoms with Crippen LogP contribution in [0.25, 0.3) is 27.9 Å². The quantitative estimate of drug-likeness (QED) is 0.349. The second kappa shape index (κ2) is 14.4. The van der Waals surface area contributed by atoms with E-state index in [1.54, 1.807) is 30.9 Å². The molecule has 0 saturated carbocycles. The van der Waals surface area contributed by atoms with E-state index < -0.39 is 0 Å². The Bertz CT molecular complexity index is 1110. The van der Waals surface area contributed by atoms with Crippen LogP contribution in [0, 0.1) is 0 Å². The molecule has 0 aliphatic carbocycles. The Kier molecular flexibility index (Phi) is 13.7. The van der Waals surface area contributed by atoms with Gasteiger partial charge in [-0.25, -0.2) is 9.97 Å². The van der Waals surface area contributed by atoms with E-state index in [0.717, 1.165) is 34.5 Å². The van der Waals surface area contributed by atoms with E-state index in [4.69, 9.17) is 33.4 Å². The maximum atomic E-state index is 8.88. The van der Waals surface area contributed by atoms with Crippen LogP contribution >= 0.6 is 23.2 Å². The van der Waals surface area contributed by atoms with E-state index in [2.05, 4.69) is 26.5 Å². The Morgan fingerprint density at radius 3 is 1.93 bits per heavy atom. The number of aromatic nitrogens is 4. The predicted molar refractivity (Wildman–Crippen MR) is 120 cm³/mol. The fourth-order valence-corrected chi connectivity index (χ4v) is 2.74. The Labute approximate surface area is 210 Å². The van der Waals surface area contributed by atoms with Crippen molar-refractivity contribution >= 4 is 59.5 Å². The third kappa shape index (κ3) is 7.28. The molecule has 0 spiro atoms. The molecule has 4 rings (SSSR count). The molecule has 0 aliphatic rings. The molecule has 149 valence electrons. The minimum Gasteiger partial charge on any atom is -1.00 e. The summed E-state index contributed by atoms with van der Waals surface area (Å²) in [6.45, 7) is 3.66. The average Bonchev–Trinajstić information content (AvgIpc) is 2.75. The molecule has 0 atom stereocenters. The molecule has 0 unspecified atom stereocenters. The Morgan fingerprint density at radius 2 is 1.43 bits per heavy atom. The van der Waals surface area contributed by atoms with Crippen molar-refractivity contribution in [2.45, 2.75) is 6.61 Å². The fourth-order valence-electron chi connectivity index (χ4n) is 2.31. The van der Waals surface area contributed by atoms with Crippen molar-refractivity contribution in [2.24, 2.45) is 0 Å². The van der Waals surface area contributed by atoms with Gasteiger partial charge in [-0.2, -0.15) is 0 Å². The summed E-state index contributed by atoms with van der Waals surface area (Å²) in [7, 11) is 1.00.